The number of benzene rings is 1. The second-order valence-corrected chi connectivity index (χ2v) is 10.5. The summed E-state index contributed by atoms with van der Waals surface area (Å²) in [6.07, 6.45) is 8.42. The molecule has 170 valence electrons. The molecule has 1 saturated heterocycles. The Morgan fingerprint density at radius 1 is 1.25 bits per heavy atom. The number of furan rings is 1. The zero-order valence-electron chi connectivity index (χ0n) is 19.3. The van der Waals surface area contributed by atoms with Gasteiger partial charge in [-0.2, -0.15) is 4.39 Å². The predicted octanol–water partition coefficient (Wildman–Crippen LogP) is 6.88. The first-order valence-corrected chi connectivity index (χ1v) is 12.0. The Labute approximate surface area is 189 Å². The summed E-state index contributed by atoms with van der Waals surface area (Å²) in [5.41, 5.74) is 3.23. The third-order valence-corrected chi connectivity index (χ3v) is 8.01. The van der Waals surface area contributed by atoms with E-state index in [-0.39, 0.29) is 11.8 Å². The van der Waals surface area contributed by atoms with Crippen LogP contribution >= 0.6 is 0 Å². The van der Waals surface area contributed by atoms with Crippen LogP contribution in [-0.2, 0) is 4.79 Å². The maximum atomic E-state index is 13.5. The fraction of sp³-hybridized carbons (Fsp3) is 0.519. The van der Waals surface area contributed by atoms with Gasteiger partial charge in [0.1, 0.15) is 5.76 Å². The average Bonchev–Trinajstić information content (AvgIpc) is 3.39. The van der Waals surface area contributed by atoms with Crippen LogP contribution in [0.5, 0.6) is 0 Å². The molecule has 1 aliphatic carbocycles. The van der Waals surface area contributed by atoms with E-state index in [0.717, 1.165) is 41.4 Å². The van der Waals surface area contributed by atoms with Gasteiger partial charge in [-0.3, -0.25) is 4.79 Å². The second-order valence-electron chi connectivity index (χ2n) is 10.5. The fourth-order valence-corrected chi connectivity index (χ4v) is 6.34. The highest BCUT2D eigenvalue weighted by Gasteiger charge is 2.44. The quantitative estimate of drug-likeness (QED) is 0.485. The van der Waals surface area contributed by atoms with Crippen LogP contribution in [0.2, 0.25) is 0 Å². The highest BCUT2D eigenvalue weighted by Crippen LogP contribution is 2.47. The van der Waals surface area contributed by atoms with Gasteiger partial charge in [0, 0.05) is 47.7 Å². The molecule has 1 aromatic carbocycles. The first kappa shape index (κ1) is 21.3. The van der Waals surface area contributed by atoms with Crippen molar-refractivity contribution < 1.29 is 13.6 Å². The van der Waals surface area contributed by atoms with Crippen molar-refractivity contribution in [1.29, 1.82) is 0 Å². The van der Waals surface area contributed by atoms with Crippen LogP contribution in [0.25, 0.3) is 22.2 Å². The van der Waals surface area contributed by atoms with Crippen molar-refractivity contribution in [2.45, 2.75) is 71.3 Å². The van der Waals surface area contributed by atoms with E-state index in [4.69, 9.17) is 4.42 Å². The third-order valence-electron chi connectivity index (χ3n) is 8.01. The number of aromatic amines is 1. The average molecular weight is 437 g/mol. The molecule has 4 nitrogen and oxygen atoms in total. The monoisotopic (exact) mass is 436 g/mol. The lowest BCUT2D eigenvalue weighted by Crippen LogP contribution is -2.54. The summed E-state index contributed by atoms with van der Waals surface area (Å²) in [6, 6.07) is 8.69. The number of hydrogen-bond donors (Lipinski definition) is 1. The minimum absolute atomic E-state index is 0.0502. The molecule has 3 atom stereocenters. The molecular formula is C27H33FN2O2. The second kappa shape index (κ2) is 8.09. The summed E-state index contributed by atoms with van der Waals surface area (Å²) in [6.45, 7) is 7.76. The van der Waals surface area contributed by atoms with Crippen LogP contribution in [0.3, 0.4) is 0 Å². The molecule has 0 radical (unpaired) electrons. The van der Waals surface area contributed by atoms with Gasteiger partial charge in [0.15, 0.2) is 0 Å². The number of hydrogen-bond acceptors (Lipinski definition) is 2. The van der Waals surface area contributed by atoms with Crippen molar-refractivity contribution >= 4 is 16.8 Å². The summed E-state index contributed by atoms with van der Waals surface area (Å²) in [5, 5.41) is 1.01. The number of likely N-dealkylation sites (tertiary alicyclic amines) is 1. The number of piperidine rings is 1. The molecule has 1 aliphatic heterocycles. The Hall–Kier alpha value is -2.56. The Balaban J connectivity index is 1.41. The van der Waals surface area contributed by atoms with Gasteiger partial charge in [0.25, 0.3) is 6.01 Å². The van der Waals surface area contributed by atoms with Crippen LogP contribution in [-0.4, -0.2) is 28.4 Å². The van der Waals surface area contributed by atoms with Crippen molar-refractivity contribution in [2.75, 3.05) is 6.54 Å². The van der Waals surface area contributed by atoms with Crippen molar-refractivity contribution in [1.82, 2.24) is 9.88 Å². The SMILES string of the molecule is CC(CC(=O)N1CCCC2C1CCCC2(C)C)c1c[nH]c2cccc(-c3ccc(F)o3)c12. The molecule has 3 heterocycles. The fourth-order valence-electron chi connectivity index (χ4n) is 6.34. The number of carbonyl (C=O) groups excluding carboxylic acids is 1. The van der Waals surface area contributed by atoms with Gasteiger partial charge < -0.3 is 14.3 Å². The van der Waals surface area contributed by atoms with E-state index in [1.165, 1.54) is 25.3 Å². The molecule has 2 aromatic heterocycles. The zero-order chi connectivity index (χ0) is 22.5. The van der Waals surface area contributed by atoms with E-state index < -0.39 is 6.01 Å². The van der Waals surface area contributed by atoms with E-state index in [2.05, 4.69) is 30.7 Å². The Bertz CT molecular complexity index is 1130. The summed E-state index contributed by atoms with van der Waals surface area (Å²) < 4.78 is 18.8. The number of amides is 1. The smallest absolute Gasteiger partial charge is 0.278 e. The Morgan fingerprint density at radius 3 is 2.88 bits per heavy atom. The van der Waals surface area contributed by atoms with Gasteiger partial charge in [0.2, 0.25) is 5.91 Å². The molecule has 2 aliphatic rings. The van der Waals surface area contributed by atoms with Crippen LogP contribution in [0, 0.1) is 17.3 Å². The van der Waals surface area contributed by atoms with Crippen LogP contribution in [0.1, 0.15) is 70.8 Å². The Morgan fingerprint density at radius 2 is 2.09 bits per heavy atom. The first-order chi connectivity index (χ1) is 15.3. The highest BCUT2D eigenvalue weighted by atomic mass is 19.1. The lowest BCUT2D eigenvalue weighted by atomic mass is 9.63. The molecule has 1 amide bonds. The molecule has 5 heteroatoms. The standard InChI is InChI=1S/C27H33FN2O2/c1-17(15-25(31)30-14-6-8-20-22(30)10-5-13-27(20,2)3)19-16-29-21-9-4-7-18(26(19)21)23-11-12-24(28)32-23/h4,7,9,11-12,16-17,20,22,29H,5-6,8,10,13-15H2,1-3H3. The maximum absolute atomic E-state index is 13.5. The van der Waals surface area contributed by atoms with Crippen LogP contribution in [0.4, 0.5) is 4.39 Å². The molecular weight excluding hydrogens is 403 g/mol. The number of nitrogens with one attached hydrogen (secondary N) is 1. The normalized spacial score (nSPS) is 23.8. The van der Waals surface area contributed by atoms with Gasteiger partial charge in [-0.1, -0.05) is 39.3 Å². The van der Waals surface area contributed by atoms with Gasteiger partial charge in [-0.25, -0.2) is 0 Å². The molecule has 2 fully saturated rings. The molecule has 1 saturated carbocycles. The number of halogens is 1. The number of carbonyl (C=O) groups is 1. The molecule has 5 rings (SSSR count). The maximum Gasteiger partial charge on any atom is 0.278 e. The third kappa shape index (κ3) is 3.66. The number of rotatable bonds is 4. The van der Waals surface area contributed by atoms with Gasteiger partial charge in [-0.15, -0.1) is 0 Å². The topological polar surface area (TPSA) is 49.2 Å². The molecule has 1 N–H and O–H groups in total. The van der Waals surface area contributed by atoms with Gasteiger partial charge in [-0.05, 0) is 60.6 Å². The molecule has 0 bridgehead atoms. The number of fused-ring (bicyclic) bond motifs is 2. The molecule has 3 unspecified atom stereocenters. The van der Waals surface area contributed by atoms with Crippen LogP contribution in [0.15, 0.2) is 40.9 Å². The van der Waals surface area contributed by atoms with E-state index in [0.29, 0.717) is 29.6 Å². The molecule has 0 spiro atoms. The van der Waals surface area contributed by atoms with Crippen LogP contribution < -0.4 is 0 Å². The van der Waals surface area contributed by atoms with E-state index in [1.807, 2.05) is 24.4 Å². The van der Waals surface area contributed by atoms with Gasteiger partial charge in [0.05, 0.1) is 0 Å². The molecule has 32 heavy (non-hydrogen) atoms. The van der Waals surface area contributed by atoms with Crippen molar-refractivity contribution in [2.24, 2.45) is 11.3 Å². The first-order valence-electron chi connectivity index (χ1n) is 12.0. The number of nitrogens with zero attached hydrogens (tertiary/aromatic N) is 1. The summed E-state index contributed by atoms with van der Waals surface area (Å²) in [5.74, 6) is 1.43. The summed E-state index contributed by atoms with van der Waals surface area (Å²) >= 11 is 0. The minimum Gasteiger partial charge on any atom is -0.431 e. The summed E-state index contributed by atoms with van der Waals surface area (Å²) in [7, 11) is 0. The van der Waals surface area contributed by atoms with E-state index >= 15 is 0 Å². The lowest BCUT2D eigenvalue weighted by molar-refractivity contribution is -0.140. The minimum atomic E-state index is -0.590. The number of H-pyrrole nitrogens is 1. The zero-order valence-corrected chi connectivity index (χ0v) is 19.3. The van der Waals surface area contributed by atoms with Crippen molar-refractivity contribution in [3.8, 4) is 11.3 Å². The summed E-state index contributed by atoms with van der Waals surface area (Å²) in [4.78, 5) is 19.0. The largest absolute Gasteiger partial charge is 0.431 e. The Kier molecular flexibility index (Phi) is 5.39. The highest BCUT2D eigenvalue weighted by molar-refractivity contribution is 5.97. The van der Waals surface area contributed by atoms with Crippen molar-refractivity contribution in [3.05, 3.63) is 48.1 Å². The van der Waals surface area contributed by atoms with Gasteiger partial charge >= 0.3 is 0 Å². The predicted molar refractivity (Wildman–Crippen MR) is 125 cm³/mol. The van der Waals surface area contributed by atoms with Crippen molar-refractivity contribution in [3.63, 3.8) is 0 Å². The van der Waals surface area contributed by atoms with E-state index in [1.54, 1.807) is 6.07 Å². The lowest BCUT2D eigenvalue weighted by Gasteiger charge is -2.51. The number of aromatic nitrogens is 1. The molecule has 3 aromatic rings. The van der Waals surface area contributed by atoms with E-state index in [9.17, 15) is 9.18 Å².